The number of benzene rings is 2. The number of ether oxygens (including phenoxy) is 2. The van der Waals surface area contributed by atoms with Crippen LogP contribution in [0.3, 0.4) is 0 Å². The maximum absolute atomic E-state index is 12.8. The van der Waals surface area contributed by atoms with Gasteiger partial charge in [-0.1, -0.05) is 18.2 Å². The van der Waals surface area contributed by atoms with Gasteiger partial charge in [0.25, 0.3) is 5.91 Å². The lowest BCUT2D eigenvalue weighted by Crippen LogP contribution is -2.40. The Balaban J connectivity index is 1.69. The maximum Gasteiger partial charge on any atom is 0.257 e. The number of amides is 1. The van der Waals surface area contributed by atoms with Gasteiger partial charge >= 0.3 is 0 Å². The first-order chi connectivity index (χ1) is 14.0. The van der Waals surface area contributed by atoms with Gasteiger partial charge in [-0.15, -0.1) is 11.8 Å². The van der Waals surface area contributed by atoms with Gasteiger partial charge in [0.05, 0.1) is 30.8 Å². The number of hydrogen-bond acceptors (Lipinski definition) is 6. The summed E-state index contributed by atoms with van der Waals surface area (Å²) >= 11 is 1.57. The first kappa shape index (κ1) is 21.6. The van der Waals surface area contributed by atoms with Crippen LogP contribution in [0, 0.1) is 0 Å². The summed E-state index contributed by atoms with van der Waals surface area (Å²) in [6.45, 7) is 2.14. The molecule has 156 valence electrons. The highest BCUT2D eigenvalue weighted by atomic mass is 32.2. The second kappa shape index (κ2) is 10.1. The average molecular weight is 437 g/mol. The SMILES string of the molecule is COc1ccc(S(=O)(=O)NCCSc2ccccc2)cc1C(=O)N1CCOCC1. The average Bonchev–Trinajstić information content (AvgIpc) is 2.77. The van der Waals surface area contributed by atoms with E-state index in [0.717, 1.165) is 4.90 Å². The maximum atomic E-state index is 12.8. The van der Waals surface area contributed by atoms with Crippen molar-refractivity contribution in [1.29, 1.82) is 0 Å². The molecule has 1 heterocycles. The molecule has 1 amide bonds. The Morgan fingerprint density at radius 2 is 1.90 bits per heavy atom. The third kappa shape index (κ3) is 5.72. The zero-order chi connectivity index (χ0) is 20.7. The van der Waals surface area contributed by atoms with E-state index in [-0.39, 0.29) is 22.9 Å². The van der Waals surface area contributed by atoms with Crippen LogP contribution in [0.4, 0.5) is 0 Å². The molecule has 0 spiro atoms. The predicted octanol–water partition coefficient (Wildman–Crippen LogP) is 2.24. The van der Waals surface area contributed by atoms with Crippen LogP contribution in [0.2, 0.25) is 0 Å². The Kier molecular flexibility index (Phi) is 7.54. The molecule has 1 aliphatic rings. The van der Waals surface area contributed by atoms with E-state index in [1.54, 1.807) is 16.7 Å². The molecule has 3 rings (SSSR count). The van der Waals surface area contributed by atoms with Gasteiger partial charge in [-0.3, -0.25) is 4.79 Å². The van der Waals surface area contributed by atoms with Gasteiger partial charge in [-0.25, -0.2) is 13.1 Å². The number of hydrogen-bond donors (Lipinski definition) is 1. The lowest BCUT2D eigenvalue weighted by molar-refractivity contribution is 0.0300. The highest BCUT2D eigenvalue weighted by molar-refractivity contribution is 7.99. The Morgan fingerprint density at radius 3 is 2.59 bits per heavy atom. The van der Waals surface area contributed by atoms with E-state index in [4.69, 9.17) is 9.47 Å². The van der Waals surface area contributed by atoms with E-state index in [1.165, 1.54) is 25.3 Å². The minimum Gasteiger partial charge on any atom is -0.496 e. The summed E-state index contributed by atoms with van der Waals surface area (Å²) in [5.41, 5.74) is 0.232. The molecular weight excluding hydrogens is 412 g/mol. The zero-order valence-corrected chi connectivity index (χ0v) is 17.8. The van der Waals surface area contributed by atoms with Crippen LogP contribution in [0.25, 0.3) is 0 Å². The number of sulfonamides is 1. The van der Waals surface area contributed by atoms with Crippen molar-refractivity contribution in [3.63, 3.8) is 0 Å². The van der Waals surface area contributed by atoms with Crippen LogP contribution >= 0.6 is 11.8 Å². The molecule has 29 heavy (non-hydrogen) atoms. The van der Waals surface area contributed by atoms with E-state index in [1.807, 2.05) is 30.3 Å². The Labute approximate surface area is 175 Å². The number of nitrogens with one attached hydrogen (secondary N) is 1. The molecule has 0 radical (unpaired) electrons. The Bertz CT molecular complexity index is 929. The molecule has 2 aromatic carbocycles. The standard InChI is InChI=1S/C20H24N2O5S2/c1-26-19-8-7-17(15-18(19)20(23)22-10-12-27-13-11-22)29(24,25)21-9-14-28-16-5-3-2-4-6-16/h2-8,15,21H,9-14H2,1H3. The summed E-state index contributed by atoms with van der Waals surface area (Å²) in [5, 5.41) is 0. The second-order valence-corrected chi connectivity index (χ2v) is 9.26. The number of carbonyl (C=O) groups excluding carboxylic acids is 1. The quantitative estimate of drug-likeness (QED) is 0.505. The van der Waals surface area contributed by atoms with Crippen LogP contribution in [0.1, 0.15) is 10.4 Å². The van der Waals surface area contributed by atoms with Crippen molar-refractivity contribution in [2.45, 2.75) is 9.79 Å². The third-order valence-corrected chi connectivity index (χ3v) is 6.89. The Hall–Kier alpha value is -2.07. The van der Waals surface area contributed by atoms with Crippen molar-refractivity contribution >= 4 is 27.7 Å². The molecule has 2 aromatic rings. The number of nitrogens with zero attached hydrogens (tertiary/aromatic N) is 1. The number of rotatable bonds is 8. The first-order valence-corrected chi connectivity index (χ1v) is 11.7. The van der Waals surface area contributed by atoms with Gasteiger partial charge in [0.2, 0.25) is 10.0 Å². The van der Waals surface area contributed by atoms with Gasteiger partial charge in [0.15, 0.2) is 0 Å². The molecule has 1 fully saturated rings. The molecule has 1 N–H and O–H groups in total. The topological polar surface area (TPSA) is 84.9 Å². The fourth-order valence-corrected chi connectivity index (χ4v) is 4.88. The van der Waals surface area contributed by atoms with Gasteiger partial charge in [-0.05, 0) is 30.3 Å². The van der Waals surface area contributed by atoms with Gasteiger partial charge in [0, 0.05) is 30.3 Å². The van der Waals surface area contributed by atoms with E-state index >= 15 is 0 Å². The zero-order valence-electron chi connectivity index (χ0n) is 16.2. The molecule has 9 heteroatoms. The number of thioether (sulfide) groups is 1. The van der Waals surface area contributed by atoms with Crippen molar-refractivity contribution in [3.8, 4) is 5.75 Å². The Morgan fingerprint density at radius 1 is 1.17 bits per heavy atom. The molecule has 0 unspecified atom stereocenters. The van der Waals surface area contributed by atoms with Crippen molar-refractivity contribution in [2.24, 2.45) is 0 Å². The molecule has 7 nitrogen and oxygen atoms in total. The van der Waals surface area contributed by atoms with Crippen LogP contribution in [0.15, 0.2) is 58.3 Å². The van der Waals surface area contributed by atoms with Crippen LogP contribution in [-0.4, -0.2) is 64.9 Å². The molecular formula is C20H24N2O5S2. The largest absolute Gasteiger partial charge is 0.496 e. The number of carbonyl (C=O) groups is 1. The second-order valence-electron chi connectivity index (χ2n) is 6.33. The summed E-state index contributed by atoms with van der Waals surface area (Å²) in [6.07, 6.45) is 0. The van der Waals surface area contributed by atoms with Crippen molar-refractivity contribution < 1.29 is 22.7 Å². The fraction of sp³-hybridized carbons (Fsp3) is 0.350. The minimum atomic E-state index is -3.74. The monoisotopic (exact) mass is 436 g/mol. The predicted molar refractivity (Wildman–Crippen MR) is 112 cm³/mol. The summed E-state index contributed by atoms with van der Waals surface area (Å²) in [5.74, 6) is 0.681. The van der Waals surface area contributed by atoms with Crippen molar-refractivity contribution in [2.75, 3.05) is 45.7 Å². The van der Waals surface area contributed by atoms with Crippen molar-refractivity contribution in [1.82, 2.24) is 9.62 Å². The fourth-order valence-electron chi connectivity index (χ4n) is 2.90. The van der Waals surface area contributed by atoms with Crippen LogP contribution in [0.5, 0.6) is 5.75 Å². The smallest absolute Gasteiger partial charge is 0.257 e. The number of morpholine rings is 1. The molecule has 0 atom stereocenters. The van der Waals surface area contributed by atoms with Gasteiger partial charge in [0.1, 0.15) is 5.75 Å². The highest BCUT2D eigenvalue weighted by Gasteiger charge is 2.24. The molecule has 0 aliphatic carbocycles. The summed E-state index contributed by atoms with van der Waals surface area (Å²) < 4.78 is 38.5. The molecule has 0 aromatic heterocycles. The van der Waals surface area contributed by atoms with Crippen molar-refractivity contribution in [3.05, 3.63) is 54.1 Å². The van der Waals surface area contributed by atoms with E-state index < -0.39 is 10.0 Å². The lowest BCUT2D eigenvalue weighted by Gasteiger charge is -2.27. The normalized spacial score (nSPS) is 14.6. The van der Waals surface area contributed by atoms with E-state index in [2.05, 4.69) is 4.72 Å². The summed E-state index contributed by atoms with van der Waals surface area (Å²) in [7, 11) is -2.28. The van der Waals surface area contributed by atoms with Gasteiger partial charge < -0.3 is 14.4 Å². The lowest BCUT2D eigenvalue weighted by atomic mass is 10.1. The van der Waals surface area contributed by atoms with Crippen LogP contribution < -0.4 is 9.46 Å². The molecule has 0 bridgehead atoms. The number of methoxy groups -OCH3 is 1. The summed E-state index contributed by atoms with van der Waals surface area (Å²) in [4.78, 5) is 15.6. The molecule has 1 aliphatic heterocycles. The first-order valence-electron chi connectivity index (χ1n) is 9.24. The summed E-state index contributed by atoms with van der Waals surface area (Å²) in [6, 6.07) is 14.1. The molecule has 1 saturated heterocycles. The van der Waals surface area contributed by atoms with Gasteiger partial charge in [-0.2, -0.15) is 0 Å². The minimum absolute atomic E-state index is 0.0413. The third-order valence-electron chi connectivity index (χ3n) is 4.42. The van der Waals surface area contributed by atoms with Crippen LogP contribution in [-0.2, 0) is 14.8 Å². The highest BCUT2D eigenvalue weighted by Crippen LogP contribution is 2.24. The molecule has 0 saturated carbocycles. The van der Waals surface area contributed by atoms with E-state index in [0.29, 0.717) is 37.8 Å². The van der Waals surface area contributed by atoms with E-state index in [9.17, 15) is 13.2 Å².